The molecule has 0 aliphatic heterocycles. The molecule has 0 N–H and O–H groups in total. The summed E-state index contributed by atoms with van der Waals surface area (Å²) in [6.07, 6.45) is 21.3. The lowest BCUT2D eigenvalue weighted by molar-refractivity contribution is 0.172. The molecule has 1 aromatic rings. The number of hydrogen-bond donors (Lipinski definition) is 0. The number of rotatable bonds is 12. The predicted molar refractivity (Wildman–Crippen MR) is 130 cm³/mol. The molecule has 0 amide bonds. The number of allylic oxidation sites excluding steroid dienone is 2. The van der Waals surface area contributed by atoms with Gasteiger partial charge >= 0.3 is 0 Å². The van der Waals surface area contributed by atoms with Crippen molar-refractivity contribution in [2.45, 2.75) is 110 Å². The molecule has 0 spiro atoms. The van der Waals surface area contributed by atoms with Gasteiger partial charge in [0.1, 0.15) is 0 Å². The van der Waals surface area contributed by atoms with Gasteiger partial charge in [-0.3, -0.25) is 0 Å². The highest BCUT2D eigenvalue weighted by Crippen LogP contribution is 2.37. The minimum absolute atomic E-state index is 0.0241. The van der Waals surface area contributed by atoms with Crippen LogP contribution in [-0.2, 0) is 0 Å². The van der Waals surface area contributed by atoms with E-state index in [1.165, 1.54) is 64.2 Å². The third-order valence-corrected chi connectivity index (χ3v) is 7.78. The van der Waals surface area contributed by atoms with E-state index in [-0.39, 0.29) is 11.7 Å². The van der Waals surface area contributed by atoms with Gasteiger partial charge in [-0.1, -0.05) is 89.9 Å². The van der Waals surface area contributed by atoms with Crippen LogP contribution < -0.4 is 4.74 Å². The van der Waals surface area contributed by atoms with Gasteiger partial charge in [-0.2, -0.15) is 4.39 Å². The van der Waals surface area contributed by atoms with Crippen LogP contribution in [-0.4, -0.2) is 6.61 Å². The summed E-state index contributed by atoms with van der Waals surface area (Å²) in [6, 6.07) is 3.39. The summed E-state index contributed by atoms with van der Waals surface area (Å²) in [5.74, 6) is 0.425. The topological polar surface area (TPSA) is 9.23 Å². The molecule has 0 heterocycles. The van der Waals surface area contributed by atoms with Gasteiger partial charge in [-0.25, -0.2) is 4.39 Å². The van der Waals surface area contributed by atoms with Crippen LogP contribution >= 0.6 is 0 Å². The zero-order valence-corrected chi connectivity index (χ0v) is 20.4. The summed E-state index contributed by atoms with van der Waals surface area (Å²) in [6.45, 7) is 4.97. The summed E-state index contributed by atoms with van der Waals surface area (Å²) in [4.78, 5) is 0. The van der Waals surface area contributed by atoms with Gasteiger partial charge in [0.25, 0.3) is 0 Å². The Kier molecular flexibility index (Phi) is 10.5. The molecule has 0 aromatic heterocycles. The van der Waals surface area contributed by atoms with Crippen molar-refractivity contribution in [2.24, 2.45) is 17.8 Å². The first-order valence-electron chi connectivity index (χ1n) is 13.4. The molecular formula is C29H44F2O. The fourth-order valence-corrected chi connectivity index (χ4v) is 5.56. The molecule has 1 nitrogen and oxygen atoms in total. The van der Waals surface area contributed by atoms with Crippen LogP contribution in [0.1, 0.15) is 115 Å². The van der Waals surface area contributed by atoms with Crippen molar-refractivity contribution in [3.05, 3.63) is 41.5 Å². The van der Waals surface area contributed by atoms with Crippen molar-refractivity contribution in [2.75, 3.05) is 6.61 Å². The molecule has 0 saturated heterocycles. The van der Waals surface area contributed by atoms with Crippen molar-refractivity contribution in [1.82, 2.24) is 0 Å². The zero-order chi connectivity index (χ0) is 22.8. The molecule has 1 saturated carbocycles. The largest absolute Gasteiger partial charge is 0.490 e. The number of unbranched alkanes of at least 4 members (excludes halogenated alkanes) is 4. The second kappa shape index (κ2) is 13.4. The lowest BCUT2D eigenvalue weighted by atomic mass is 9.80. The molecule has 3 rings (SSSR count). The minimum atomic E-state index is -0.811. The van der Waals surface area contributed by atoms with Crippen LogP contribution in [0.2, 0.25) is 0 Å². The normalized spacial score (nSPS) is 25.8. The maximum absolute atomic E-state index is 14.9. The van der Waals surface area contributed by atoms with E-state index >= 15 is 0 Å². The Hall–Kier alpha value is -1.38. The van der Waals surface area contributed by atoms with Crippen LogP contribution in [0.5, 0.6) is 5.75 Å². The van der Waals surface area contributed by atoms with Crippen molar-refractivity contribution in [1.29, 1.82) is 0 Å². The van der Waals surface area contributed by atoms with Gasteiger partial charge in [0.15, 0.2) is 11.6 Å². The van der Waals surface area contributed by atoms with Gasteiger partial charge < -0.3 is 4.74 Å². The SMILES string of the molecule is CCCCCC1C=CC(c2ccc(OCC3CCC(CCCCC)CC3)c(F)c2F)CC1. The van der Waals surface area contributed by atoms with Crippen molar-refractivity contribution < 1.29 is 13.5 Å². The Bertz CT molecular complexity index is 705. The maximum Gasteiger partial charge on any atom is 0.200 e. The zero-order valence-electron chi connectivity index (χ0n) is 20.4. The van der Waals surface area contributed by atoms with Gasteiger partial charge in [0.2, 0.25) is 5.82 Å². The lowest BCUT2D eigenvalue weighted by Crippen LogP contribution is -2.20. The Morgan fingerprint density at radius 2 is 1.44 bits per heavy atom. The quantitative estimate of drug-likeness (QED) is 0.229. The molecular weight excluding hydrogens is 402 g/mol. The number of hydrogen-bond acceptors (Lipinski definition) is 1. The number of halogens is 2. The highest BCUT2D eigenvalue weighted by atomic mass is 19.2. The molecule has 1 fully saturated rings. The Morgan fingerprint density at radius 1 is 0.750 bits per heavy atom. The van der Waals surface area contributed by atoms with Crippen LogP contribution in [0.15, 0.2) is 24.3 Å². The average Bonchev–Trinajstić information content (AvgIpc) is 2.82. The van der Waals surface area contributed by atoms with Gasteiger partial charge in [-0.05, 0) is 61.5 Å². The highest BCUT2D eigenvalue weighted by Gasteiger charge is 2.25. The van der Waals surface area contributed by atoms with Crippen molar-refractivity contribution >= 4 is 0 Å². The first-order valence-corrected chi connectivity index (χ1v) is 13.4. The van der Waals surface area contributed by atoms with Crippen LogP contribution in [0.25, 0.3) is 0 Å². The Labute approximate surface area is 195 Å². The third kappa shape index (κ3) is 7.32. The summed E-state index contributed by atoms with van der Waals surface area (Å²) in [5, 5.41) is 0. The molecule has 2 unspecified atom stereocenters. The summed E-state index contributed by atoms with van der Waals surface area (Å²) in [5.41, 5.74) is 0.477. The van der Waals surface area contributed by atoms with E-state index < -0.39 is 11.6 Å². The average molecular weight is 447 g/mol. The second-order valence-corrected chi connectivity index (χ2v) is 10.3. The first kappa shape index (κ1) is 25.2. The van der Waals surface area contributed by atoms with Gasteiger partial charge in [0, 0.05) is 5.92 Å². The molecule has 2 aliphatic carbocycles. The summed E-state index contributed by atoms with van der Waals surface area (Å²) in [7, 11) is 0. The Morgan fingerprint density at radius 3 is 2.09 bits per heavy atom. The van der Waals surface area contributed by atoms with Gasteiger partial charge in [0.05, 0.1) is 6.61 Å². The summed E-state index contributed by atoms with van der Waals surface area (Å²) >= 11 is 0. The van der Waals surface area contributed by atoms with E-state index in [1.54, 1.807) is 12.1 Å². The highest BCUT2D eigenvalue weighted by molar-refractivity contribution is 5.35. The van der Waals surface area contributed by atoms with Crippen LogP contribution in [0.3, 0.4) is 0 Å². The molecule has 0 radical (unpaired) electrons. The fraction of sp³-hybridized carbons (Fsp3) is 0.724. The van der Waals surface area contributed by atoms with E-state index in [0.29, 0.717) is 24.0 Å². The molecule has 2 aliphatic rings. The minimum Gasteiger partial charge on any atom is -0.490 e. The van der Waals surface area contributed by atoms with Gasteiger partial charge in [-0.15, -0.1) is 0 Å². The van der Waals surface area contributed by atoms with E-state index in [2.05, 4.69) is 26.0 Å². The molecule has 1 aromatic carbocycles. The van der Waals surface area contributed by atoms with Crippen molar-refractivity contribution in [3.8, 4) is 5.75 Å². The maximum atomic E-state index is 14.9. The fourth-order valence-electron chi connectivity index (χ4n) is 5.56. The summed E-state index contributed by atoms with van der Waals surface area (Å²) < 4.78 is 35.4. The molecule has 2 atom stereocenters. The molecule has 0 bridgehead atoms. The second-order valence-electron chi connectivity index (χ2n) is 10.3. The van der Waals surface area contributed by atoms with E-state index in [9.17, 15) is 8.78 Å². The monoisotopic (exact) mass is 446 g/mol. The molecule has 32 heavy (non-hydrogen) atoms. The third-order valence-electron chi connectivity index (χ3n) is 7.78. The van der Waals surface area contributed by atoms with Crippen LogP contribution in [0, 0.1) is 29.4 Å². The molecule has 3 heteroatoms. The number of benzene rings is 1. The van der Waals surface area contributed by atoms with E-state index in [1.807, 2.05) is 0 Å². The van der Waals surface area contributed by atoms with Crippen molar-refractivity contribution in [3.63, 3.8) is 0 Å². The Balaban J connectivity index is 1.47. The first-order chi connectivity index (χ1) is 15.6. The predicted octanol–water partition coefficient (Wildman–Crippen LogP) is 9.36. The molecule has 180 valence electrons. The number of ether oxygens (including phenoxy) is 1. The van der Waals surface area contributed by atoms with E-state index in [0.717, 1.165) is 31.6 Å². The standard InChI is InChI=1S/C29H44F2O/c1-3-5-7-9-22-11-13-24(14-12-22)21-32-27-20-19-26(28(30)29(27)31)25-17-15-23(16-18-25)10-8-6-4-2/h15,17,19-20,22-25H,3-14,16,18,21H2,1-2H3. The smallest absolute Gasteiger partial charge is 0.200 e. The van der Waals surface area contributed by atoms with E-state index in [4.69, 9.17) is 4.74 Å². The van der Waals surface area contributed by atoms with Crippen LogP contribution in [0.4, 0.5) is 8.78 Å². The lowest BCUT2D eigenvalue weighted by Gasteiger charge is -2.28.